The molecule has 0 amide bonds. The summed E-state index contributed by atoms with van der Waals surface area (Å²) in [4.78, 5) is 7.95. The van der Waals surface area contributed by atoms with E-state index in [0.717, 1.165) is 19.6 Å². The molecule has 0 bridgehead atoms. The smallest absolute Gasteiger partial charge is 0.0602 e. The third-order valence-electron chi connectivity index (χ3n) is 6.66. The molecule has 2 heterocycles. The molecule has 0 aromatic heterocycles. The molecule has 2 fully saturated rings. The Morgan fingerprint density at radius 3 is 1.67 bits per heavy atom. The van der Waals surface area contributed by atoms with E-state index in [-0.39, 0.29) is 0 Å². The van der Waals surface area contributed by atoms with Crippen LogP contribution < -0.4 is 0 Å². The van der Waals surface area contributed by atoms with Gasteiger partial charge in [-0.1, -0.05) is 91.0 Å². The number of hydrogen-bond acceptors (Lipinski definition) is 3. The largest absolute Gasteiger partial charge is 0.297 e. The van der Waals surface area contributed by atoms with Gasteiger partial charge in [-0.25, -0.2) is 0 Å². The molecule has 5 rings (SSSR count). The second-order valence-electron chi connectivity index (χ2n) is 8.63. The Labute approximate surface area is 180 Å². The Kier molecular flexibility index (Phi) is 5.94. The number of likely N-dealkylation sites (tertiary alicyclic amines) is 1. The maximum atomic E-state index is 2.71. The third kappa shape index (κ3) is 4.34. The van der Waals surface area contributed by atoms with Crippen molar-refractivity contribution in [3.63, 3.8) is 0 Å². The second kappa shape index (κ2) is 9.13. The lowest BCUT2D eigenvalue weighted by atomic mass is 9.92. The fraction of sp³-hybridized carbons (Fsp3) is 0.333. The summed E-state index contributed by atoms with van der Waals surface area (Å²) >= 11 is 0. The van der Waals surface area contributed by atoms with Gasteiger partial charge in [-0.3, -0.25) is 14.7 Å². The van der Waals surface area contributed by atoms with Crippen molar-refractivity contribution in [2.45, 2.75) is 18.6 Å². The lowest BCUT2D eigenvalue weighted by Crippen LogP contribution is -2.63. The molecule has 2 aliphatic heterocycles. The minimum absolute atomic E-state index is 0.364. The molecule has 3 aromatic carbocycles. The zero-order valence-electron chi connectivity index (χ0n) is 17.6. The van der Waals surface area contributed by atoms with E-state index in [4.69, 9.17) is 0 Å². The molecule has 3 heteroatoms. The average Bonchev–Trinajstić information content (AvgIpc) is 2.79. The number of piperazine rings is 1. The highest BCUT2D eigenvalue weighted by atomic mass is 15.4. The summed E-state index contributed by atoms with van der Waals surface area (Å²) in [7, 11) is 0. The molecule has 3 nitrogen and oxygen atoms in total. The molecular weight excluding hydrogens is 366 g/mol. The van der Waals surface area contributed by atoms with Gasteiger partial charge in [-0.15, -0.1) is 0 Å². The van der Waals surface area contributed by atoms with Crippen molar-refractivity contribution < 1.29 is 0 Å². The highest BCUT2D eigenvalue weighted by Crippen LogP contribution is 2.33. The Morgan fingerprint density at radius 2 is 1.13 bits per heavy atom. The first-order valence-corrected chi connectivity index (χ1v) is 11.2. The first kappa shape index (κ1) is 19.5. The zero-order valence-corrected chi connectivity index (χ0v) is 17.6. The van der Waals surface area contributed by atoms with Crippen LogP contribution in [0, 0.1) is 0 Å². The van der Waals surface area contributed by atoms with Crippen LogP contribution in [0.4, 0.5) is 0 Å². The van der Waals surface area contributed by atoms with Gasteiger partial charge in [0.25, 0.3) is 0 Å². The van der Waals surface area contributed by atoms with Crippen LogP contribution >= 0.6 is 0 Å². The molecule has 30 heavy (non-hydrogen) atoms. The van der Waals surface area contributed by atoms with Crippen LogP contribution in [0.2, 0.25) is 0 Å². The standard InChI is InChI=1S/C27H31N3/c1-4-10-23(11-5-1)20-28-16-18-29(19-17-28)26-21-30(22-26)27(24-12-6-2-7-13-24)25-14-8-3-9-15-25/h1-15,26-27H,16-22H2. The van der Waals surface area contributed by atoms with Gasteiger partial charge in [0.1, 0.15) is 0 Å². The Morgan fingerprint density at radius 1 is 0.633 bits per heavy atom. The SMILES string of the molecule is c1ccc(CN2CCN(C3CN(C(c4ccccc4)c4ccccc4)C3)CC2)cc1. The van der Waals surface area contributed by atoms with Crippen LogP contribution in [-0.2, 0) is 6.54 Å². The normalized spacial score (nSPS) is 19.1. The molecule has 0 radical (unpaired) electrons. The maximum absolute atomic E-state index is 2.71. The van der Waals surface area contributed by atoms with Crippen molar-refractivity contribution >= 4 is 0 Å². The van der Waals surface area contributed by atoms with Crippen molar-refractivity contribution in [3.8, 4) is 0 Å². The van der Waals surface area contributed by atoms with Gasteiger partial charge in [0.2, 0.25) is 0 Å². The topological polar surface area (TPSA) is 9.72 Å². The average molecular weight is 398 g/mol. The van der Waals surface area contributed by atoms with Crippen molar-refractivity contribution in [2.24, 2.45) is 0 Å². The van der Waals surface area contributed by atoms with Crippen LogP contribution in [0.25, 0.3) is 0 Å². The number of benzene rings is 3. The predicted octanol–water partition coefficient (Wildman–Crippen LogP) is 4.28. The van der Waals surface area contributed by atoms with Gasteiger partial charge in [0.05, 0.1) is 6.04 Å². The van der Waals surface area contributed by atoms with E-state index in [1.807, 2.05) is 0 Å². The van der Waals surface area contributed by atoms with Gasteiger partial charge in [0.15, 0.2) is 0 Å². The highest BCUT2D eigenvalue weighted by molar-refractivity contribution is 5.32. The van der Waals surface area contributed by atoms with Crippen molar-refractivity contribution in [1.29, 1.82) is 0 Å². The quantitative estimate of drug-likeness (QED) is 0.615. The van der Waals surface area contributed by atoms with E-state index in [1.54, 1.807) is 0 Å². The molecule has 0 atom stereocenters. The molecule has 2 saturated heterocycles. The van der Waals surface area contributed by atoms with E-state index >= 15 is 0 Å². The molecule has 0 saturated carbocycles. The molecule has 0 spiro atoms. The molecule has 3 aromatic rings. The summed E-state index contributed by atoms with van der Waals surface area (Å²) in [6, 6.07) is 33.9. The van der Waals surface area contributed by atoms with E-state index in [9.17, 15) is 0 Å². The first-order valence-electron chi connectivity index (χ1n) is 11.2. The highest BCUT2D eigenvalue weighted by Gasteiger charge is 2.37. The third-order valence-corrected chi connectivity index (χ3v) is 6.66. The van der Waals surface area contributed by atoms with Gasteiger partial charge in [0, 0.05) is 51.9 Å². The molecular formula is C27H31N3. The number of nitrogens with zero attached hydrogens (tertiary/aromatic N) is 3. The lowest BCUT2D eigenvalue weighted by Gasteiger charge is -2.51. The van der Waals surface area contributed by atoms with E-state index in [1.165, 1.54) is 42.9 Å². The van der Waals surface area contributed by atoms with Gasteiger partial charge < -0.3 is 0 Å². The Hall–Kier alpha value is -2.46. The van der Waals surface area contributed by atoms with Crippen molar-refractivity contribution in [3.05, 3.63) is 108 Å². The van der Waals surface area contributed by atoms with Gasteiger partial charge in [-0.2, -0.15) is 0 Å². The van der Waals surface area contributed by atoms with Crippen LogP contribution in [0.3, 0.4) is 0 Å². The molecule has 2 aliphatic rings. The molecule has 0 N–H and O–H groups in total. The summed E-state index contributed by atoms with van der Waals surface area (Å²) in [5.74, 6) is 0. The van der Waals surface area contributed by atoms with Crippen LogP contribution in [0.1, 0.15) is 22.7 Å². The lowest BCUT2D eigenvalue weighted by molar-refractivity contribution is -0.0105. The molecule has 0 aliphatic carbocycles. The Bertz CT molecular complexity index is 859. The number of rotatable bonds is 6. The predicted molar refractivity (Wildman–Crippen MR) is 123 cm³/mol. The zero-order chi connectivity index (χ0) is 20.2. The van der Waals surface area contributed by atoms with E-state index in [2.05, 4.69) is 106 Å². The number of hydrogen-bond donors (Lipinski definition) is 0. The molecule has 154 valence electrons. The maximum Gasteiger partial charge on any atom is 0.0602 e. The first-order chi connectivity index (χ1) is 14.9. The summed E-state index contributed by atoms with van der Waals surface area (Å²) in [5, 5.41) is 0. The summed E-state index contributed by atoms with van der Waals surface area (Å²) in [5.41, 5.74) is 4.22. The van der Waals surface area contributed by atoms with Crippen molar-refractivity contribution in [1.82, 2.24) is 14.7 Å². The van der Waals surface area contributed by atoms with E-state index < -0.39 is 0 Å². The summed E-state index contributed by atoms with van der Waals surface area (Å²) in [6.07, 6.45) is 0. The van der Waals surface area contributed by atoms with Crippen LogP contribution in [-0.4, -0.2) is 60.0 Å². The summed E-state index contributed by atoms with van der Waals surface area (Å²) < 4.78 is 0. The second-order valence-corrected chi connectivity index (χ2v) is 8.63. The van der Waals surface area contributed by atoms with Gasteiger partial charge >= 0.3 is 0 Å². The fourth-order valence-corrected chi connectivity index (χ4v) is 4.94. The summed E-state index contributed by atoms with van der Waals surface area (Å²) in [6.45, 7) is 8.12. The van der Waals surface area contributed by atoms with Crippen molar-refractivity contribution in [2.75, 3.05) is 39.3 Å². The van der Waals surface area contributed by atoms with E-state index in [0.29, 0.717) is 12.1 Å². The monoisotopic (exact) mass is 397 g/mol. The van der Waals surface area contributed by atoms with Gasteiger partial charge in [-0.05, 0) is 16.7 Å². The van der Waals surface area contributed by atoms with Crippen LogP contribution in [0.15, 0.2) is 91.0 Å². The minimum atomic E-state index is 0.364. The Balaban J connectivity index is 1.18. The fourth-order valence-electron chi connectivity index (χ4n) is 4.94. The minimum Gasteiger partial charge on any atom is -0.297 e. The van der Waals surface area contributed by atoms with Crippen LogP contribution in [0.5, 0.6) is 0 Å². The molecule has 0 unspecified atom stereocenters.